The molecule has 4 rings (SSSR count). The number of sulfonamides is 1. The highest BCUT2D eigenvalue weighted by Gasteiger charge is 2.33. The molecule has 0 heterocycles. The van der Waals surface area contributed by atoms with Crippen molar-refractivity contribution in [2.75, 3.05) is 10.8 Å². The largest absolute Gasteiger partial charge is 0.352 e. The number of aryl methyl sites for hydroxylation is 1. The minimum absolute atomic E-state index is 0.0148. The van der Waals surface area contributed by atoms with Crippen LogP contribution < -0.4 is 9.62 Å². The molecule has 1 fully saturated rings. The van der Waals surface area contributed by atoms with E-state index in [1.165, 1.54) is 29.2 Å². The predicted octanol–water partition coefficient (Wildman–Crippen LogP) is 5.32. The van der Waals surface area contributed by atoms with Gasteiger partial charge in [0.1, 0.15) is 12.6 Å². The first-order valence-corrected chi connectivity index (χ1v) is 15.0. The Morgan fingerprint density at radius 2 is 1.56 bits per heavy atom. The number of para-hydroxylation sites is 1. The number of halogens is 1. The van der Waals surface area contributed by atoms with E-state index in [0.717, 1.165) is 41.1 Å². The van der Waals surface area contributed by atoms with Gasteiger partial charge in [0, 0.05) is 17.6 Å². The summed E-state index contributed by atoms with van der Waals surface area (Å²) in [5, 5.41) is 3.49. The topological polar surface area (TPSA) is 86.8 Å². The number of nitrogens with zero attached hydrogens (tertiary/aromatic N) is 2. The summed E-state index contributed by atoms with van der Waals surface area (Å²) >= 11 is 5.99. The lowest BCUT2D eigenvalue weighted by Gasteiger charge is -2.32. The SMILES string of the molecule is Cc1ccccc1CN(C(=O)CN(c1ccccc1)S(=O)(=O)c1ccc(Cl)cc1)[C@@H](C)C(=O)NC1CCCC1. The zero-order valence-electron chi connectivity index (χ0n) is 22.2. The third-order valence-corrected chi connectivity index (χ3v) is 9.24. The van der Waals surface area contributed by atoms with Gasteiger partial charge in [-0.3, -0.25) is 13.9 Å². The monoisotopic (exact) mass is 567 g/mol. The fraction of sp³-hybridized carbons (Fsp3) is 0.333. The van der Waals surface area contributed by atoms with E-state index in [9.17, 15) is 18.0 Å². The Hall–Kier alpha value is -3.36. The van der Waals surface area contributed by atoms with Crippen LogP contribution in [0.2, 0.25) is 5.02 Å². The molecule has 0 aliphatic heterocycles. The van der Waals surface area contributed by atoms with E-state index in [-0.39, 0.29) is 23.4 Å². The number of nitrogens with one attached hydrogen (secondary N) is 1. The average molecular weight is 568 g/mol. The van der Waals surface area contributed by atoms with Gasteiger partial charge >= 0.3 is 0 Å². The van der Waals surface area contributed by atoms with Crippen LogP contribution in [0.4, 0.5) is 5.69 Å². The summed E-state index contributed by atoms with van der Waals surface area (Å²) in [5.74, 6) is -0.718. The molecule has 0 bridgehead atoms. The van der Waals surface area contributed by atoms with Gasteiger partial charge in [0.25, 0.3) is 10.0 Å². The van der Waals surface area contributed by atoms with Gasteiger partial charge in [0.05, 0.1) is 10.6 Å². The lowest BCUT2D eigenvalue weighted by molar-refractivity contribution is -0.139. The van der Waals surface area contributed by atoms with E-state index in [4.69, 9.17) is 11.6 Å². The Kier molecular flexibility index (Phi) is 9.30. The van der Waals surface area contributed by atoms with Crippen LogP contribution in [0, 0.1) is 6.92 Å². The maximum atomic E-state index is 14.0. The number of carbonyl (C=O) groups is 2. The van der Waals surface area contributed by atoms with Crippen molar-refractivity contribution >= 4 is 39.1 Å². The molecule has 206 valence electrons. The van der Waals surface area contributed by atoms with Crippen molar-refractivity contribution in [1.29, 1.82) is 0 Å². The van der Waals surface area contributed by atoms with Crippen molar-refractivity contribution in [3.05, 3.63) is 95.0 Å². The molecule has 1 aliphatic carbocycles. The number of hydrogen-bond donors (Lipinski definition) is 1. The Balaban J connectivity index is 1.67. The molecular weight excluding hydrogens is 534 g/mol. The van der Waals surface area contributed by atoms with Crippen LogP contribution in [0.3, 0.4) is 0 Å². The van der Waals surface area contributed by atoms with Crippen molar-refractivity contribution in [2.24, 2.45) is 0 Å². The van der Waals surface area contributed by atoms with Crippen molar-refractivity contribution in [1.82, 2.24) is 10.2 Å². The third kappa shape index (κ3) is 6.99. The smallest absolute Gasteiger partial charge is 0.264 e. The second-order valence-corrected chi connectivity index (χ2v) is 12.2. The van der Waals surface area contributed by atoms with Crippen molar-refractivity contribution in [3.8, 4) is 0 Å². The lowest BCUT2D eigenvalue weighted by Crippen LogP contribution is -2.52. The van der Waals surface area contributed by atoms with Gasteiger partial charge < -0.3 is 10.2 Å². The van der Waals surface area contributed by atoms with Gasteiger partial charge in [-0.15, -0.1) is 0 Å². The summed E-state index contributed by atoms with van der Waals surface area (Å²) in [5.41, 5.74) is 2.21. The maximum Gasteiger partial charge on any atom is 0.264 e. The Morgan fingerprint density at radius 1 is 0.949 bits per heavy atom. The van der Waals surface area contributed by atoms with Crippen molar-refractivity contribution < 1.29 is 18.0 Å². The highest BCUT2D eigenvalue weighted by Crippen LogP contribution is 2.26. The summed E-state index contributed by atoms with van der Waals surface area (Å²) in [6.07, 6.45) is 3.98. The Bertz CT molecular complexity index is 1390. The Morgan fingerprint density at radius 3 is 2.21 bits per heavy atom. The first kappa shape index (κ1) is 28.6. The summed E-state index contributed by atoms with van der Waals surface area (Å²) in [7, 11) is -4.12. The zero-order chi connectivity index (χ0) is 28.0. The van der Waals surface area contributed by atoms with Crippen LogP contribution >= 0.6 is 11.6 Å². The normalized spacial score (nSPS) is 14.5. The second kappa shape index (κ2) is 12.7. The molecule has 0 saturated heterocycles. The summed E-state index contributed by atoms with van der Waals surface area (Å²) in [4.78, 5) is 28.7. The molecule has 1 saturated carbocycles. The number of carbonyl (C=O) groups excluding carboxylic acids is 2. The molecule has 3 aromatic carbocycles. The molecule has 0 unspecified atom stereocenters. The highest BCUT2D eigenvalue weighted by atomic mass is 35.5. The van der Waals surface area contributed by atoms with E-state index in [0.29, 0.717) is 10.7 Å². The molecule has 1 aliphatic rings. The fourth-order valence-electron chi connectivity index (χ4n) is 4.80. The summed E-state index contributed by atoms with van der Waals surface area (Å²) in [6.45, 7) is 3.35. The van der Waals surface area contributed by atoms with Crippen LogP contribution in [0.1, 0.15) is 43.7 Å². The molecule has 7 nitrogen and oxygen atoms in total. The van der Waals surface area contributed by atoms with Gasteiger partial charge in [0.15, 0.2) is 0 Å². The highest BCUT2D eigenvalue weighted by molar-refractivity contribution is 7.92. The maximum absolute atomic E-state index is 14.0. The van der Waals surface area contributed by atoms with Crippen LogP contribution in [0.15, 0.2) is 83.8 Å². The molecule has 39 heavy (non-hydrogen) atoms. The first-order chi connectivity index (χ1) is 18.7. The molecule has 0 aromatic heterocycles. The van der Waals surface area contributed by atoms with Gasteiger partial charge in [0.2, 0.25) is 11.8 Å². The molecule has 3 aromatic rings. The molecule has 0 radical (unpaired) electrons. The Labute approximate surface area is 235 Å². The van der Waals surface area contributed by atoms with E-state index in [1.54, 1.807) is 37.3 Å². The van der Waals surface area contributed by atoms with Crippen LogP contribution in [0.25, 0.3) is 0 Å². The number of rotatable bonds is 10. The molecule has 0 spiro atoms. The quantitative estimate of drug-likeness (QED) is 0.359. The molecule has 9 heteroatoms. The second-order valence-electron chi connectivity index (χ2n) is 9.92. The number of anilines is 1. The van der Waals surface area contributed by atoms with Gasteiger partial charge in [-0.2, -0.15) is 0 Å². The predicted molar refractivity (Wildman–Crippen MR) is 154 cm³/mol. The van der Waals surface area contributed by atoms with Crippen LogP contribution in [-0.2, 0) is 26.2 Å². The van der Waals surface area contributed by atoms with E-state index in [1.807, 2.05) is 31.2 Å². The summed E-state index contributed by atoms with van der Waals surface area (Å²) < 4.78 is 28.7. The van der Waals surface area contributed by atoms with Gasteiger partial charge in [-0.25, -0.2) is 8.42 Å². The molecule has 1 atom stereocenters. The summed E-state index contributed by atoms with van der Waals surface area (Å²) in [6, 6.07) is 21.3. The van der Waals surface area contributed by atoms with E-state index >= 15 is 0 Å². The van der Waals surface area contributed by atoms with Gasteiger partial charge in [-0.05, 0) is 74.2 Å². The van der Waals surface area contributed by atoms with Crippen LogP contribution in [-0.4, -0.2) is 43.8 Å². The number of hydrogen-bond acceptors (Lipinski definition) is 4. The number of amides is 2. The van der Waals surface area contributed by atoms with Crippen molar-refractivity contribution in [2.45, 2.75) is 63.1 Å². The zero-order valence-corrected chi connectivity index (χ0v) is 23.8. The fourth-order valence-corrected chi connectivity index (χ4v) is 6.34. The van der Waals surface area contributed by atoms with E-state index in [2.05, 4.69) is 5.32 Å². The van der Waals surface area contributed by atoms with E-state index < -0.39 is 28.5 Å². The molecule has 1 N–H and O–H groups in total. The molecule has 2 amide bonds. The van der Waals surface area contributed by atoms with Crippen LogP contribution in [0.5, 0.6) is 0 Å². The first-order valence-electron chi connectivity index (χ1n) is 13.1. The minimum atomic E-state index is -4.12. The molecular formula is C30H34ClN3O4S. The lowest BCUT2D eigenvalue weighted by atomic mass is 10.1. The standard InChI is InChI=1S/C30H34ClN3O4S/c1-22-10-6-7-11-24(22)20-33(23(2)30(36)32-26-12-8-9-13-26)29(35)21-34(27-14-4-3-5-15-27)39(37,38)28-18-16-25(31)17-19-28/h3-7,10-11,14-19,23,26H,8-9,12-13,20-21H2,1-2H3,(H,32,36)/t23-/m0/s1. The van der Waals surface area contributed by atoms with Crippen molar-refractivity contribution in [3.63, 3.8) is 0 Å². The average Bonchev–Trinajstić information content (AvgIpc) is 3.44. The third-order valence-electron chi connectivity index (χ3n) is 7.20. The number of benzene rings is 3. The van der Waals surface area contributed by atoms with Gasteiger partial charge in [-0.1, -0.05) is 66.9 Å². The minimum Gasteiger partial charge on any atom is -0.352 e.